The molecule has 3 atom stereocenters. The second kappa shape index (κ2) is 4.23. The predicted molar refractivity (Wildman–Crippen MR) is 68.0 cm³/mol. The fourth-order valence-corrected chi connectivity index (χ4v) is 3.45. The summed E-state index contributed by atoms with van der Waals surface area (Å²) in [6.45, 7) is 5.97. The van der Waals surface area contributed by atoms with Crippen molar-refractivity contribution in [1.82, 2.24) is 19.2 Å². The Morgan fingerprint density at radius 2 is 2.20 bits per heavy atom. The van der Waals surface area contributed by atoms with Gasteiger partial charge in [-0.05, 0) is 47.1 Å². The van der Waals surface area contributed by atoms with Crippen LogP contribution in [0.1, 0.15) is 18.3 Å². The molecule has 0 saturated carbocycles. The van der Waals surface area contributed by atoms with E-state index >= 15 is 0 Å². The van der Waals surface area contributed by atoms with Gasteiger partial charge in [-0.2, -0.15) is 4.37 Å². The molecule has 4 nitrogen and oxygen atoms in total. The third kappa shape index (κ3) is 2.04. The monoisotopic (exact) mass is 336 g/mol. The van der Waals surface area contributed by atoms with E-state index in [1.165, 1.54) is 44.1 Å². The highest BCUT2D eigenvalue weighted by molar-refractivity contribution is 14.1. The Morgan fingerprint density at radius 3 is 3.00 bits per heavy atom. The predicted octanol–water partition coefficient (Wildman–Crippen LogP) is 1.21. The summed E-state index contributed by atoms with van der Waals surface area (Å²) in [6, 6.07) is 0.445. The number of halogens is 1. The van der Waals surface area contributed by atoms with Crippen molar-refractivity contribution in [2.45, 2.75) is 12.5 Å². The van der Waals surface area contributed by atoms with Gasteiger partial charge in [-0.25, -0.2) is 4.98 Å². The lowest BCUT2D eigenvalue weighted by atomic mass is 10.2. The minimum absolute atomic E-state index is 0.445. The molecule has 3 saturated heterocycles. The van der Waals surface area contributed by atoms with E-state index in [-0.39, 0.29) is 0 Å². The third-order valence-corrected chi connectivity index (χ3v) is 4.56. The number of fused-ring (bicyclic) bond motifs is 4. The summed E-state index contributed by atoms with van der Waals surface area (Å²) in [4.78, 5) is 9.61. The average molecular weight is 336 g/mol. The summed E-state index contributed by atoms with van der Waals surface area (Å²) in [5.74, 6) is 1.04. The van der Waals surface area contributed by atoms with E-state index in [9.17, 15) is 0 Å². The zero-order valence-corrected chi connectivity index (χ0v) is 11.4. The van der Waals surface area contributed by atoms with Crippen LogP contribution in [0.2, 0.25) is 0 Å². The van der Waals surface area contributed by atoms with Crippen molar-refractivity contribution in [1.29, 1.82) is 0 Å². The van der Waals surface area contributed by atoms with E-state index in [0.717, 1.165) is 15.4 Å². The van der Waals surface area contributed by atoms with Gasteiger partial charge in [-0.1, -0.05) is 0 Å². The largest absolute Gasteiger partial charge is 0.300 e. The number of aromatic nitrogens is 2. The van der Waals surface area contributed by atoms with Gasteiger partial charge in [0.15, 0.2) is 8.84 Å². The summed E-state index contributed by atoms with van der Waals surface area (Å²) in [5.41, 5.74) is 0. The summed E-state index contributed by atoms with van der Waals surface area (Å²) < 4.78 is 5.51. The quantitative estimate of drug-likeness (QED) is 0.722. The van der Waals surface area contributed by atoms with Crippen LogP contribution in [0.25, 0.3) is 0 Å². The molecule has 1 aromatic heterocycles. The van der Waals surface area contributed by atoms with Crippen molar-refractivity contribution in [2.24, 2.45) is 0 Å². The van der Waals surface area contributed by atoms with Crippen LogP contribution in [0.3, 0.4) is 0 Å². The van der Waals surface area contributed by atoms with Crippen LogP contribution in [-0.4, -0.2) is 51.9 Å². The molecule has 3 fully saturated rings. The van der Waals surface area contributed by atoms with Crippen LogP contribution >= 0.6 is 34.1 Å². The van der Waals surface area contributed by atoms with Gasteiger partial charge in [0, 0.05) is 26.2 Å². The summed E-state index contributed by atoms with van der Waals surface area (Å²) in [6.07, 6.45) is 1.29. The van der Waals surface area contributed by atoms with Crippen LogP contribution < -0.4 is 0 Å². The highest BCUT2D eigenvalue weighted by Gasteiger charge is 2.32. The molecule has 15 heavy (non-hydrogen) atoms. The van der Waals surface area contributed by atoms with Gasteiger partial charge in [-0.3, -0.25) is 9.80 Å². The fraction of sp³-hybridized carbons (Fsp3) is 0.778. The normalized spacial score (nSPS) is 35.4. The second-order valence-electron chi connectivity index (χ2n) is 4.11. The number of piperazine rings is 1. The first-order valence-corrected chi connectivity index (χ1v) is 7.13. The van der Waals surface area contributed by atoms with Crippen molar-refractivity contribution in [3.63, 3.8) is 0 Å². The summed E-state index contributed by atoms with van der Waals surface area (Å²) >= 11 is 3.76. The molecule has 3 unspecified atom stereocenters. The maximum absolute atomic E-state index is 4.52. The topological polar surface area (TPSA) is 32.3 Å². The van der Waals surface area contributed by atoms with E-state index in [2.05, 4.69) is 41.7 Å². The minimum atomic E-state index is 0.445. The van der Waals surface area contributed by atoms with Crippen molar-refractivity contribution in [3.05, 3.63) is 8.84 Å². The molecule has 0 spiro atoms. The molecule has 1 aromatic rings. The molecule has 4 heterocycles. The molecule has 3 aliphatic heterocycles. The Labute approximate surface area is 107 Å². The molecule has 3 aliphatic rings. The van der Waals surface area contributed by atoms with Crippen molar-refractivity contribution in [3.8, 4) is 0 Å². The Morgan fingerprint density at radius 1 is 1.27 bits per heavy atom. The van der Waals surface area contributed by atoms with Gasteiger partial charge in [0.25, 0.3) is 0 Å². The maximum Gasteiger partial charge on any atom is 0.174 e. The lowest BCUT2D eigenvalue weighted by Crippen LogP contribution is -2.45. The van der Waals surface area contributed by atoms with Gasteiger partial charge in [0.2, 0.25) is 0 Å². The van der Waals surface area contributed by atoms with Gasteiger partial charge >= 0.3 is 0 Å². The number of hydrogen-bond acceptors (Lipinski definition) is 5. The summed E-state index contributed by atoms with van der Waals surface area (Å²) in [5, 5.41) is 0. The third-order valence-electron chi connectivity index (χ3n) is 3.21. The molecule has 0 aromatic carbocycles. The molecule has 6 heteroatoms. The van der Waals surface area contributed by atoms with Gasteiger partial charge < -0.3 is 0 Å². The first-order valence-electron chi connectivity index (χ1n) is 5.28. The minimum Gasteiger partial charge on any atom is -0.300 e. The zero-order chi connectivity index (χ0) is 10.3. The Kier molecular flexibility index (Phi) is 2.92. The smallest absolute Gasteiger partial charge is 0.174 e. The first-order chi connectivity index (χ1) is 7.33. The van der Waals surface area contributed by atoms with E-state index in [1.807, 2.05) is 0 Å². The van der Waals surface area contributed by atoms with E-state index < -0.39 is 0 Å². The molecule has 82 valence electrons. The van der Waals surface area contributed by atoms with E-state index in [1.54, 1.807) is 0 Å². The van der Waals surface area contributed by atoms with Crippen LogP contribution in [0.5, 0.6) is 0 Å². The van der Waals surface area contributed by atoms with E-state index in [4.69, 9.17) is 0 Å². The summed E-state index contributed by atoms with van der Waals surface area (Å²) in [7, 11) is 0. The van der Waals surface area contributed by atoms with Crippen LogP contribution in [0, 0.1) is 3.01 Å². The molecular weight excluding hydrogens is 323 g/mol. The molecule has 0 radical (unpaired) electrons. The first kappa shape index (κ1) is 10.4. The maximum atomic E-state index is 4.52. The Hall–Kier alpha value is 0.210. The number of rotatable bonds is 1. The standard InChI is InChI=1S/C9H13IN4S/c10-9-11-8(12-15-9)7-6-13-2-1-3-14(7)5-4-13/h7H,1-6H2. The second-order valence-corrected chi connectivity index (χ2v) is 6.62. The highest BCUT2D eigenvalue weighted by Crippen LogP contribution is 2.27. The molecule has 4 rings (SSSR count). The Bertz CT molecular complexity index is 352. The fourth-order valence-electron chi connectivity index (χ4n) is 2.44. The number of hydrogen-bond donors (Lipinski definition) is 0. The van der Waals surface area contributed by atoms with Crippen LogP contribution in [0.15, 0.2) is 0 Å². The average Bonchev–Trinajstić information content (AvgIpc) is 2.49. The SMILES string of the molecule is Ic1nc(C2CN3CCCN2CC3)ns1. The molecule has 0 amide bonds. The van der Waals surface area contributed by atoms with Gasteiger partial charge in [0.1, 0.15) is 0 Å². The van der Waals surface area contributed by atoms with Crippen molar-refractivity contribution in [2.75, 3.05) is 32.7 Å². The zero-order valence-electron chi connectivity index (χ0n) is 8.40. The van der Waals surface area contributed by atoms with E-state index in [0.29, 0.717) is 6.04 Å². The lowest BCUT2D eigenvalue weighted by molar-refractivity contribution is 0.110. The number of nitrogens with zero attached hydrogens (tertiary/aromatic N) is 4. The lowest BCUT2D eigenvalue weighted by Gasteiger charge is -2.35. The van der Waals surface area contributed by atoms with Crippen LogP contribution in [0.4, 0.5) is 0 Å². The molecule has 2 bridgehead atoms. The molecule has 0 N–H and O–H groups in total. The van der Waals surface area contributed by atoms with Gasteiger partial charge in [0.05, 0.1) is 6.04 Å². The molecular formula is C9H13IN4S. The molecule has 0 aliphatic carbocycles. The van der Waals surface area contributed by atoms with Crippen molar-refractivity contribution >= 4 is 34.1 Å². The van der Waals surface area contributed by atoms with Crippen molar-refractivity contribution < 1.29 is 0 Å². The Balaban J connectivity index is 1.86. The van der Waals surface area contributed by atoms with Gasteiger partial charge in [-0.15, -0.1) is 0 Å². The highest BCUT2D eigenvalue weighted by atomic mass is 127. The van der Waals surface area contributed by atoms with Crippen LogP contribution in [-0.2, 0) is 0 Å².